The summed E-state index contributed by atoms with van der Waals surface area (Å²) in [6.07, 6.45) is 2.97. The van der Waals surface area contributed by atoms with E-state index >= 15 is 0 Å². The normalized spacial score (nSPS) is 15.0. The van der Waals surface area contributed by atoms with Crippen LogP contribution in [0.5, 0.6) is 5.75 Å². The minimum Gasteiger partial charge on any atom is -0.497 e. The fraction of sp³-hybridized carbons (Fsp3) is 0.200. The number of benzene rings is 2. The predicted molar refractivity (Wildman–Crippen MR) is 88.4 cm³/mol. The Morgan fingerprint density at radius 2 is 1.70 bits per heavy atom. The highest BCUT2D eigenvalue weighted by Crippen LogP contribution is 2.38. The first kappa shape index (κ1) is 13.9. The lowest BCUT2D eigenvalue weighted by Gasteiger charge is -2.22. The van der Waals surface area contributed by atoms with Gasteiger partial charge in [-0.15, -0.1) is 0 Å². The lowest BCUT2D eigenvalue weighted by atomic mass is 9.79. The fourth-order valence-corrected chi connectivity index (χ4v) is 3.63. The van der Waals surface area contributed by atoms with Crippen LogP contribution in [0.4, 0.5) is 0 Å². The van der Waals surface area contributed by atoms with Gasteiger partial charge in [0.1, 0.15) is 5.75 Å². The average molecular weight is 304 g/mol. The second-order valence-corrected chi connectivity index (χ2v) is 6.11. The van der Waals surface area contributed by atoms with Crippen molar-refractivity contribution in [3.63, 3.8) is 0 Å². The van der Waals surface area contributed by atoms with Gasteiger partial charge in [0.05, 0.1) is 7.11 Å². The van der Waals surface area contributed by atoms with Gasteiger partial charge in [-0.05, 0) is 66.8 Å². The van der Waals surface area contributed by atoms with E-state index in [1.54, 1.807) is 25.3 Å². The summed E-state index contributed by atoms with van der Waals surface area (Å²) in [6, 6.07) is 6.96. The first-order chi connectivity index (χ1) is 11.0. The molecular weight excluding hydrogens is 288 g/mol. The van der Waals surface area contributed by atoms with Gasteiger partial charge >= 0.3 is 0 Å². The van der Waals surface area contributed by atoms with Gasteiger partial charge < -0.3 is 4.74 Å². The van der Waals surface area contributed by atoms with Crippen LogP contribution in [0.2, 0.25) is 0 Å². The van der Waals surface area contributed by atoms with E-state index in [0.29, 0.717) is 28.0 Å². The van der Waals surface area contributed by atoms with Crippen molar-refractivity contribution >= 4 is 17.1 Å². The Bertz CT molecular complexity index is 932. The number of hydrogen-bond donors (Lipinski definition) is 0. The molecule has 2 aliphatic carbocycles. The number of carbonyl (C=O) groups excluding carboxylic acids is 2. The second-order valence-electron chi connectivity index (χ2n) is 6.11. The Morgan fingerprint density at radius 3 is 2.43 bits per heavy atom. The summed E-state index contributed by atoms with van der Waals surface area (Å²) in [5, 5.41) is 0. The van der Waals surface area contributed by atoms with E-state index in [1.807, 2.05) is 19.9 Å². The number of fused-ring (bicyclic) bond motifs is 3. The first-order valence-electron chi connectivity index (χ1n) is 7.64. The third-order valence-electron chi connectivity index (χ3n) is 4.94. The van der Waals surface area contributed by atoms with Crippen molar-refractivity contribution in [3.8, 4) is 5.75 Å². The van der Waals surface area contributed by atoms with Crippen LogP contribution in [0.3, 0.4) is 0 Å². The molecule has 0 atom stereocenters. The maximum Gasteiger partial charge on any atom is 0.194 e. The van der Waals surface area contributed by atoms with Crippen LogP contribution in [0.1, 0.15) is 55.5 Å². The summed E-state index contributed by atoms with van der Waals surface area (Å²) in [5.41, 5.74) is 6.34. The van der Waals surface area contributed by atoms with Crippen LogP contribution in [-0.2, 0) is 6.42 Å². The standard InChI is InChI=1S/C20H16O3/c1-10-4-6-13-11(2)18-17(9-15(10)13)19(21)14-7-5-12(23-3)8-16(14)20(18)22/h4-5,7-9H,6H2,1-3H3. The topological polar surface area (TPSA) is 43.4 Å². The number of methoxy groups -OCH3 is 1. The molecule has 0 unspecified atom stereocenters. The number of carbonyl (C=O) groups is 2. The maximum absolute atomic E-state index is 13.0. The largest absolute Gasteiger partial charge is 0.497 e. The Balaban J connectivity index is 2.01. The zero-order valence-electron chi connectivity index (χ0n) is 13.3. The zero-order valence-corrected chi connectivity index (χ0v) is 13.3. The van der Waals surface area contributed by atoms with E-state index in [4.69, 9.17) is 4.74 Å². The minimum absolute atomic E-state index is 0.0807. The van der Waals surface area contributed by atoms with E-state index < -0.39 is 0 Å². The van der Waals surface area contributed by atoms with E-state index in [0.717, 1.165) is 23.1 Å². The highest BCUT2D eigenvalue weighted by atomic mass is 16.5. The first-order valence-corrected chi connectivity index (χ1v) is 7.64. The molecule has 0 saturated carbocycles. The molecule has 114 valence electrons. The lowest BCUT2D eigenvalue weighted by molar-refractivity contribution is 0.0978. The van der Waals surface area contributed by atoms with Gasteiger partial charge in [-0.3, -0.25) is 9.59 Å². The fourth-order valence-electron chi connectivity index (χ4n) is 3.63. The summed E-state index contributed by atoms with van der Waals surface area (Å²) in [5.74, 6) is 0.422. The smallest absolute Gasteiger partial charge is 0.194 e. The van der Waals surface area contributed by atoms with Crippen molar-refractivity contribution in [1.82, 2.24) is 0 Å². The summed E-state index contributed by atoms with van der Waals surface area (Å²) >= 11 is 0. The number of ether oxygens (including phenoxy) is 1. The molecule has 0 heterocycles. The molecule has 0 amide bonds. The highest BCUT2D eigenvalue weighted by molar-refractivity contribution is 6.29. The molecule has 0 radical (unpaired) electrons. The van der Waals surface area contributed by atoms with Crippen LogP contribution in [0.15, 0.2) is 30.3 Å². The van der Waals surface area contributed by atoms with Gasteiger partial charge in [0.2, 0.25) is 0 Å². The monoisotopic (exact) mass is 304 g/mol. The van der Waals surface area contributed by atoms with Gasteiger partial charge in [0, 0.05) is 22.3 Å². The summed E-state index contributed by atoms with van der Waals surface area (Å²) in [7, 11) is 1.55. The molecular formula is C20H16O3. The lowest BCUT2D eigenvalue weighted by Crippen LogP contribution is -2.23. The average Bonchev–Trinajstić information content (AvgIpc) is 2.93. The predicted octanol–water partition coefficient (Wildman–Crippen LogP) is 3.74. The molecule has 3 heteroatoms. The number of allylic oxidation sites excluding steroid dienone is 2. The third kappa shape index (κ3) is 1.76. The van der Waals surface area contributed by atoms with Crippen molar-refractivity contribution in [3.05, 3.63) is 69.3 Å². The molecule has 0 fully saturated rings. The second kappa shape index (κ2) is 4.66. The Hall–Kier alpha value is -2.68. The molecule has 4 rings (SSSR count). The van der Waals surface area contributed by atoms with Crippen molar-refractivity contribution < 1.29 is 14.3 Å². The van der Waals surface area contributed by atoms with Crippen LogP contribution in [0.25, 0.3) is 5.57 Å². The van der Waals surface area contributed by atoms with Crippen LogP contribution < -0.4 is 4.74 Å². The Labute approximate surface area is 134 Å². The number of ketones is 2. The van der Waals surface area contributed by atoms with E-state index in [2.05, 4.69) is 6.08 Å². The molecule has 2 aliphatic rings. The number of hydrogen-bond acceptors (Lipinski definition) is 3. The Morgan fingerprint density at radius 1 is 0.913 bits per heavy atom. The van der Waals surface area contributed by atoms with Crippen LogP contribution in [-0.4, -0.2) is 18.7 Å². The molecule has 0 aliphatic heterocycles. The maximum atomic E-state index is 13.0. The van der Waals surface area contributed by atoms with Crippen LogP contribution >= 0.6 is 0 Å². The van der Waals surface area contributed by atoms with E-state index in [9.17, 15) is 9.59 Å². The molecule has 0 spiro atoms. The van der Waals surface area contributed by atoms with Crippen molar-refractivity contribution in [2.24, 2.45) is 0 Å². The number of rotatable bonds is 1. The zero-order chi connectivity index (χ0) is 16.3. The third-order valence-corrected chi connectivity index (χ3v) is 4.94. The minimum atomic E-state index is -0.0849. The van der Waals surface area contributed by atoms with Gasteiger partial charge in [-0.1, -0.05) is 6.08 Å². The molecule has 0 N–H and O–H groups in total. The molecule has 0 saturated heterocycles. The molecule has 0 bridgehead atoms. The highest BCUT2D eigenvalue weighted by Gasteiger charge is 2.33. The Kier molecular flexibility index (Phi) is 2.82. The molecule has 3 nitrogen and oxygen atoms in total. The summed E-state index contributed by atoms with van der Waals surface area (Å²) in [4.78, 5) is 25.9. The van der Waals surface area contributed by atoms with Gasteiger partial charge in [0.15, 0.2) is 11.6 Å². The molecule has 0 aromatic heterocycles. The van der Waals surface area contributed by atoms with Crippen molar-refractivity contribution in [2.75, 3.05) is 7.11 Å². The van der Waals surface area contributed by atoms with Crippen LogP contribution in [0, 0.1) is 6.92 Å². The van der Waals surface area contributed by atoms with E-state index in [1.165, 1.54) is 5.57 Å². The van der Waals surface area contributed by atoms with Crippen molar-refractivity contribution in [1.29, 1.82) is 0 Å². The van der Waals surface area contributed by atoms with Crippen molar-refractivity contribution in [2.45, 2.75) is 20.3 Å². The van der Waals surface area contributed by atoms with Gasteiger partial charge in [-0.2, -0.15) is 0 Å². The van der Waals surface area contributed by atoms with Gasteiger partial charge in [-0.25, -0.2) is 0 Å². The van der Waals surface area contributed by atoms with Gasteiger partial charge in [0.25, 0.3) is 0 Å². The molecule has 2 aromatic carbocycles. The molecule has 2 aromatic rings. The summed E-state index contributed by atoms with van der Waals surface area (Å²) in [6.45, 7) is 3.99. The summed E-state index contributed by atoms with van der Waals surface area (Å²) < 4.78 is 5.20. The van der Waals surface area contributed by atoms with E-state index in [-0.39, 0.29) is 11.6 Å². The molecule has 23 heavy (non-hydrogen) atoms. The quantitative estimate of drug-likeness (QED) is 0.688. The SMILES string of the molecule is COc1ccc2c(c1)C(=O)c1c(cc3c(c1C)CC=C3C)C2=O.